The molecule has 0 bridgehead atoms. The molecule has 0 aliphatic carbocycles. The lowest BCUT2D eigenvalue weighted by molar-refractivity contribution is -0.115. The topological polar surface area (TPSA) is 93.5 Å². The van der Waals surface area contributed by atoms with Crippen LogP contribution in [0.3, 0.4) is 0 Å². The van der Waals surface area contributed by atoms with Crippen molar-refractivity contribution in [3.05, 3.63) is 54.1 Å². The van der Waals surface area contributed by atoms with E-state index in [-0.39, 0.29) is 18.4 Å². The molecule has 114 valence electrons. The number of benzene rings is 2. The first-order valence-electron chi connectivity index (χ1n) is 6.66. The third-order valence-corrected chi connectivity index (χ3v) is 2.96. The number of carbonyl (C=O) groups excluding carboxylic acids is 2. The van der Waals surface area contributed by atoms with Crippen molar-refractivity contribution < 1.29 is 14.3 Å². The molecule has 0 aromatic heterocycles. The minimum atomic E-state index is -0.329. The van der Waals surface area contributed by atoms with E-state index < -0.39 is 0 Å². The molecule has 0 aliphatic heterocycles. The van der Waals surface area contributed by atoms with Gasteiger partial charge in [0, 0.05) is 16.9 Å². The van der Waals surface area contributed by atoms with Crippen molar-refractivity contribution >= 4 is 23.2 Å². The maximum Gasteiger partial charge on any atom is 0.251 e. The van der Waals surface area contributed by atoms with Crippen LogP contribution in [0.2, 0.25) is 0 Å². The highest BCUT2D eigenvalue weighted by Gasteiger charge is 2.08. The first-order valence-corrected chi connectivity index (χ1v) is 6.66. The summed E-state index contributed by atoms with van der Waals surface area (Å²) in [6, 6.07) is 13.4. The fourth-order valence-corrected chi connectivity index (χ4v) is 1.78. The van der Waals surface area contributed by atoms with Gasteiger partial charge in [-0.2, -0.15) is 0 Å². The molecule has 6 heteroatoms. The number of amides is 2. The van der Waals surface area contributed by atoms with E-state index in [4.69, 9.17) is 10.5 Å². The van der Waals surface area contributed by atoms with Crippen LogP contribution < -0.4 is 21.1 Å². The van der Waals surface area contributed by atoms with Crippen LogP contribution in [0.25, 0.3) is 0 Å². The van der Waals surface area contributed by atoms with E-state index in [1.165, 1.54) is 0 Å². The zero-order valence-electron chi connectivity index (χ0n) is 12.1. The fourth-order valence-electron chi connectivity index (χ4n) is 1.78. The molecule has 4 N–H and O–H groups in total. The van der Waals surface area contributed by atoms with E-state index in [0.717, 1.165) is 0 Å². The number of methoxy groups -OCH3 is 1. The molecular formula is C16H17N3O3. The number of carbonyl (C=O) groups is 2. The van der Waals surface area contributed by atoms with Crippen LogP contribution in [0.4, 0.5) is 11.4 Å². The number of ether oxygens (including phenoxy) is 1. The molecule has 6 nitrogen and oxygen atoms in total. The van der Waals surface area contributed by atoms with Gasteiger partial charge in [0.15, 0.2) is 0 Å². The van der Waals surface area contributed by atoms with Gasteiger partial charge in [-0.15, -0.1) is 0 Å². The third kappa shape index (κ3) is 4.24. The number of anilines is 2. The number of rotatable bonds is 5. The van der Waals surface area contributed by atoms with E-state index in [2.05, 4.69) is 10.6 Å². The van der Waals surface area contributed by atoms with E-state index in [1.807, 2.05) is 0 Å². The molecule has 0 saturated carbocycles. The van der Waals surface area contributed by atoms with Gasteiger partial charge in [0.2, 0.25) is 5.91 Å². The second-order valence-electron chi connectivity index (χ2n) is 4.58. The van der Waals surface area contributed by atoms with Gasteiger partial charge in [-0.25, -0.2) is 0 Å². The molecule has 0 spiro atoms. The second kappa shape index (κ2) is 7.12. The minimum absolute atomic E-state index is 0.116. The maximum atomic E-state index is 11.8. The zero-order chi connectivity index (χ0) is 15.9. The Hall–Kier alpha value is -3.02. The normalized spacial score (nSPS) is 9.86. The standard InChI is InChI=1S/C16H17N3O3/c1-22-14-8-6-13(7-9-14)19-15(20)10-18-16(21)11-2-4-12(17)5-3-11/h2-9H,10,17H2,1H3,(H,18,21)(H,19,20). The first kappa shape index (κ1) is 15.4. The van der Waals surface area contributed by atoms with Crippen LogP contribution >= 0.6 is 0 Å². The van der Waals surface area contributed by atoms with Crippen LogP contribution in [-0.4, -0.2) is 25.5 Å². The van der Waals surface area contributed by atoms with Gasteiger partial charge >= 0.3 is 0 Å². The van der Waals surface area contributed by atoms with Crippen molar-refractivity contribution in [3.8, 4) is 5.75 Å². The molecule has 0 radical (unpaired) electrons. The van der Waals surface area contributed by atoms with Crippen molar-refractivity contribution in [2.45, 2.75) is 0 Å². The lowest BCUT2D eigenvalue weighted by atomic mass is 10.2. The largest absolute Gasteiger partial charge is 0.497 e. The quantitative estimate of drug-likeness (QED) is 0.732. The van der Waals surface area contributed by atoms with Crippen molar-refractivity contribution in [2.75, 3.05) is 24.7 Å². The number of nitrogens with two attached hydrogens (primary N) is 1. The highest BCUT2D eigenvalue weighted by Crippen LogP contribution is 2.14. The molecule has 2 aromatic carbocycles. The summed E-state index contributed by atoms with van der Waals surface area (Å²) < 4.78 is 5.03. The SMILES string of the molecule is COc1ccc(NC(=O)CNC(=O)c2ccc(N)cc2)cc1. The Morgan fingerprint density at radius 3 is 2.27 bits per heavy atom. The zero-order valence-corrected chi connectivity index (χ0v) is 12.1. The van der Waals surface area contributed by atoms with Crippen LogP contribution in [0.1, 0.15) is 10.4 Å². The lowest BCUT2D eigenvalue weighted by Gasteiger charge is -2.08. The summed E-state index contributed by atoms with van der Waals surface area (Å²) in [6.07, 6.45) is 0. The third-order valence-electron chi connectivity index (χ3n) is 2.96. The summed E-state index contributed by atoms with van der Waals surface area (Å²) in [6.45, 7) is -0.116. The van der Waals surface area contributed by atoms with Crippen LogP contribution in [0, 0.1) is 0 Å². The molecule has 0 atom stereocenters. The number of nitrogen functional groups attached to an aromatic ring is 1. The number of nitrogens with one attached hydrogen (secondary N) is 2. The summed E-state index contributed by atoms with van der Waals surface area (Å²) in [5.41, 5.74) is 7.21. The number of hydrogen-bond acceptors (Lipinski definition) is 4. The van der Waals surface area contributed by atoms with Gasteiger partial charge in [-0.3, -0.25) is 9.59 Å². The number of hydrogen-bond donors (Lipinski definition) is 3. The second-order valence-corrected chi connectivity index (χ2v) is 4.58. The predicted octanol–water partition coefficient (Wildman–Crippen LogP) is 1.65. The Labute approximate surface area is 128 Å². The van der Waals surface area contributed by atoms with E-state index in [0.29, 0.717) is 22.7 Å². The summed E-state index contributed by atoms with van der Waals surface area (Å²) in [5, 5.41) is 5.22. The predicted molar refractivity (Wildman–Crippen MR) is 84.8 cm³/mol. The van der Waals surface area contributed by atoms with Crippen molar-refractivity contribution in [3.63, 3.8) is 0 Å². The van der Waals surface area contributed by atoms with E-state index >= 15 is 0 Å². The van der Waals surface area contributed by atoms with Crippen molar-refractivity contribution in [1.82, 2.24) is 5.32 Å². The summed E-state index contributed by atoms with van der Waals surface area (Å²) >= 11 is 0. The molecule has 0 heterocycles. The highest BCUT2D eigenvalue weighted by molar-refractivity contribution is 5.99. The lowest BCUT2D eigenvalue weighted by Crippen LogP contribution is -2.32. The molecule has 0 aliphatic rings. The summed E-state index contributed by atoms with van der Waals surface area (Å²) in [7, 11) is 1.57. The molecule has 22 heavy (non-hydrogen) atoms. The Morgan fingerprint density at radius 2 is 1.68 bits per heavy atom. The monoisotopic (exact) mass is 299 g/mol. The van der Waals surface area contributed by atoms with Crippen LogP contribution in [0.15, 0.2) is 48.5 Å². The van der Waals surface area contributed by atoms with Crippen molar-refractivity contribution in [1.29, 1.82) is 0 Å². The molecule has 0 unspecified atom stereocenters. The Kier molecular flexibility index (Phi) is 4.98. The molecule has 0 saturated heterocycles. The van der Waals surface area contributed by atoms with Gasteiger partial charge < -0.3 is 21.1 Å². The fraction of sp³-hybridized carbons (Fsp3) is 0.125. The van der Waals surface area contributed by atoms with Gasteiger partial charge in [0.05, 0.1) is 13.7 Å². The van der Waals surface area contributed by atoms with Crippen LogP contribution in [-0.2, 0) is 4.79 Å². The average Bonchev–Trinajstić information content (AvgIpc) is 2.54. The Balaban J connectivity index is 1.84. The molecule has 2 rings (SSSR count). The van der Waals surface area contributed by atoms with E-state index in [9.17, 15) is 9.59 Å². The molecule has 2 amide bonds. The molecule has 2 aromatic rings. The van der Waals surface area contributed by atoms with Gasteiger partial charge in [0.1, 0.15) is 5.75 Å². The maximum absolute atomic E-state index is 11.8. The molecular weight excluding hydrogens is 282 g/mol. The first-order chi connectivity index (χ1) is 10.6. The van der Waals surface area contributed by atoms with Gasteiger partial charge in [-0.05, 0) is 48.5 Å². The smallest absolute Gasteiger partial charge is 0.251 e. The van der Waals surface area contributed by atoms with Gasteiger partial charge in [-0.1, -0.05) is 0 Å². The Morgan fingerprint density at radius 1 is 1.05 bits per heavy atom. The average molecular weight is 299 g/mol. The summed E-state index contributed by atoms with van der Waals surface area (Å²) in [5.74, 6) is 0.0634. The minimum Gasteiger partial charge on any atom is -0.497 e. The van der Waals surface area contributed by atoms with Crippen molar-refractivity contribution in [2.24, 2.45) is 0 Å². The van der Waals surface area contributed by atoms with E-state index in [1.54, 1.807) is 55.6 Å². The van der Waals surface area contributed by atoms with Crippen LogP contribution in [0.5, 0.6) is 5.75 Å². The Bertz CT molecular complexity index is 651. The highest BCUT2D eigenvalue weighted by atomic mass is 16.5. The molecule has 0 fully saturated rings. The summed E-state index contributed by atoms with van der Waals surface area (Å²) in [4.78, 5) is 23.6. The van der Waals surface area contributed by atoms with Gasteiger partial charge in [0.25, 0.3) is 5.91 Å².